The van der Waals surface area contributed by atoms with E-state index in [4.69, 9.17) is 61.9 Å². The molecule has 1 aromatic carbocycles. The number of carbonyl (C=O) groups excluding carboxylic acids is 1. The number of carboxylic acid groups (broad SMARTS) is 1. The number of nitro groups is 1. The molecule has 1 rings (SSSR count). The molecule has 0 radical (unpaired) electrons. The van der Waals surface area contributed by atoms with Gasteiger partial charge >= 0.3 is 5.97 Å². The maximum absolute atomic E-state index is 11.4. The summed E-state index contributed by atoms with van der Waals surface area (Å²) in [5, 5.41) is 21.8. The van der Waals surface area contributed by atoms with Crippen molar-refractivity contribution in [3.05, 3.63) is 34.4 Å². The van der Waals surface area contributed by atoms with Crippen molar-refractivity contribution in [2.24, 2.45) is 0 Å². The van der Waals surface area contributed by atoms with E-state index in [9.17, 15) is 19.7 Å². The first kappa shape index (κ1) is 48.9. The van der Waals surface area contributed by atoms with Gasteiger partial charge in [-0.25, -0.2) is 0 Å². The molecule has 0 unspecified atom stereocenters. The van der Waals surface area contributed by atoms with Gasteiger partial charge in [-0.05, 0) is 18.6 Å². The summed E-state index contributed by atoms with van der Waals surface area (Å²) >= 11 is 0. The van der Waals surface area contributed by atoms with Gasteiger partial charge in [-0.15, -0.1) is 0 Å². The molecule has 0 fully saturated rings. The van der Waals surface area contributed by atoms with E-state index in [0.29, 0.717) is 171 Å². The number of nitrogens with zero attached hydrogens (tertiary/aromatic N) is 1. The molecule has 0 saturated heterocycles. The summed E-state index contributed by atoms with van der Waals surface area (Å²) in [6.07, 6.45) is 0.457. The Morgan fingerprint density at radius 2 is 0.815 bits per heavy atom. The van der Waals surface area contributed by atoms with Gasteiger partial charge in [0.2, 0.25) is 5.91 Å². The molecule has 0 saturated carbocycles. The zero-order valence-electron chi connectivity index (χ0n) is 31.3. The standard InChI is InChI=1S/C35H60N2O17/c38-34(6-7-35(39)40)36-8-1-9-43-10-11-44-12-13-45-14-15-46-16-17-47-18-19-48-20-21-49-22-23-50-24-25-51-26-27-52-28-29-53-30-31-54-33-4-2-32(3-5-33)37(41)42/h2-5H,1,6-31H2,(H,36,38)(H,39,40). The predicted octanol–water partition coefficient (Wildman–Crippen LogP) is 1.53. The number of aliphatic carboxylic acids is 1. The first-order chi connectivity index (χ1) is 26.5. The number of benzene rings is 1. The summed E-state index contributed by atoms with van der Waals surface area (Å²) in [6.45, 7) is 10.8. The van der Waals surface area contributed by atoms with Crippen LogP contribution in [0.5, 0.6) is 5.75 Å². The molecule has 19 heteroatoms. The molecular weight excluding hydrogens is 720 g/mol. The zero-order valence-corrected chi connectivity index (χ0v) is 31.3. The van der Waals surface area contributed by atoms with Gasteiger partial charge in [0.15, 0.2) is 0 Å². The molecule has 0 heterocycles. The summed E-state index contributed by atoms with van der Waals surface area (Å²) in [6, 6.07) is 5.89. The molecule has 0 aliphatic heterocycles. The fourth-order valence-electron chi connectivity index (χ4n) is 3.89. The van der Waals surface area contributed by atoms with Gasteiger partial charge in [0.05, 0.1) is 150 Å². The van der Waals surface area contributed by atoms with Crippen LogP contribution in [-0.2, 0) is 61.7 Å². The Morgan fingerprint density at radius 1 is 0.500 bits per heavy atom. The molecule has 1 amide bonds. The number of rotatable bonds is 42. The molecule has 1 aromatic rings. The van der Waals surface area contributed by atoms with Crippen LogP contribution in [0.1, 0.15) is 19.3 Å². The van der Waals surface area contributed by atoms with E-state index in [0.717, 1.165) is 0 Å². The van der Waals surface area contributed by atoms with E-state index in [1.54, 1.807) is 12.1 Å². The summed E-state index contributed by atoms with van der Waals surface area (Å²) in [4.78, 5) is 32.0. The second kappa shape index (κ2) is 38.2. The van der Waals surface area contributed by atoms with Gasteiger partial charge < -0.3 is 67.3 Å². The Bertz CT molecular complexity index is 1020. The average Bonchev–Trinajstić information content (AvgIpc) is 3.16. The maximum Gasteiger partial charge on any atom is 0.303 e. The summed E-state index contributed by atoms with van der Waals surface area (Å²) in [5.41, 5.74) is 0.0189. The molecule has 2 N–H and O–H groups in total. The van der Waals surface area contributed by atoms with Crippen molar-refractivity contribution in [2.45, 2.75) is 19.3 Å². The number of hydrogen-bond donors (Lipinski definition) is 2. The highest BCUT2D eigenvalue weighted by atomic mass is 16.6. The molecule has 0 bridgehead atoms. The molecule has 0 atom stereocenters. The van der Waals surface area contributed by atoms with Crippen LogP contribution >= 0.6 is 0 Å². The minimum Gasteiger partial charge on any atom is -0.491 e. The van der Waals surface area contributed by atoms with Gasteiger partial charge in [0.1, 0.15) is 12.4 Å². The number of carboxylic acids is 1. The van der Waals surface area contributed by atoms with Crippen molar-refractivity contribution in [2.75, 3.05) is 159 Å². The number of amides is 1. The number of carbonyl (C=O) groups is 2. The van der Waals surface area contributed by atoms with Crippen LogP contribution in [0.3, 0.4) is 0 Å². The lowest BCUT2D eigenvalue weighted by atomic mass is 10.3. The largest absolute Gasteiger partial charge is 0.491 e. The van der Waals surface area contributed by atoms with E-state index in [-0.39, 0.29) is 24.4 Å². The molecule has 0 aliphatic carbocycles. The Morgan fingerprint density at radius 3 is 1.13 bits per heavy atom. The minimum absolute atomic E-state index is 0.0166. The third kappa shape index (κ3) is 34.7. The topological polar surface area (TPSA) is 220 Å². The van der Waals surface area contributed by atoms with Crippen LogP contribution in [0.15, 0.2) is 24.3 Å². The summed E-state index contributed by atoms with van der Waals surface area (Å²) < 4.78 is 65.4. The number of non-ortho nitro benzene ring substituents is 1. The number of nitro benzene ring substituents is 1. The van der Waals surface area contributed by atoms with Gasteiger partial charge in [-0.1, -0.05) is 0 Å². The van der Waals surface area contributed by atoms with Crippen LogP contribution in [0.25, 0.3) is 0 Å². The Kier molecular flexibility index (Phi) is 34.6. The molecule has 0 aromatic heterocycles. The quantitative estimate of drug-likeness (QED) is 0.0546. The number of hydrogen-bond acceptors (Lipinski definition) is 16. The van der Waals surface area contributed by atoms with Crippen molar-refractivity contribution >= 4 is 17.6 Å². The highest BCUT2D eigenvalue weighted by Gasteiger charge is 2.05. The van der Waals surface area contributed by atoms with Crippen LogP contribution in [0, 0.1) is 10.1 Å². The van der Waals surface area contributed by atoms with Gasteiger partial charge in [0, 0.05) is 31.7 Å². The van der Waals surface area contributed by atoms with E-state index >= 15 is 0 Å². The van der Waals surface area contributed by atoms with Crippen molar-refractivity contribution in [1.82, 2.24) is 5.32 Å². The Labute approximate surface area is 317 Å². The summed E-state index contributed by atoms with van der Waals surface area (Å²) in [7, 11) is 0. The number of ether oxygens (including phenoxy) is 12. The fraction of sp³-hybridized carbons (Fsp3) is 0.771. The van der Waals surface area contributed by atoms with Crippen molar-refractivity contribution in [3.8, 4) is 5.75 Å². The Hall–Kier alpha value is -3.08. The highest BCUT2D eigenvalue weighted by molar-refractivity contribution is 5.80. The predicted molar refractivity (Wildman–Crippen MR) is 192 cm³/mol. The normalized spacial score (nSPS) is 11.2. The average molecular weight is 781 g/mol. The second-order valence-electron chi connectivity index (χ2n) is 10.9. The first-order valence-electron chi connectivity index (χ1n) is 18.2. The van der Waals surface area contributed by atoms with Crippen LogP contribution in [0.4, 0.5) is 5.69 Å². The van der Waals surface area contributed by atoms with Gasteiger partial charge in [-0.2, -0.15) is 0 Å². The van der Waals surface area contributed by atoms with Gasteiger partial charge in [-0.3, -0.25) is 19.7 Å². The lowest BCUT2D eigenvalue weighted by Crippen LogP contribution is -2.25. The second-order valence-corrected chi connectivity index (χ2v) is 10.9. The van der Waals surface area contributed by atoms with Gasteiger partial charge in [0.25, 0.3) is 5.69 Å². The highest BCUT2D eigenvalue weighted by Crippen LogP contribution is 2.17. The van der Waals surface area contributed by atoms with Crippen molar-refractivity contribution < 1.29 is 76.5 Å². The molecule has 0 spiro atoms. The maximum atomic E-state index is 11.4. The van der Waals surface area contributed by atoms with Crippen LogP contribution in [0.2, 0.25) is 0 Å². The van der Waals surface area contributed by atoms with E-state index in [1.165, 1.54) is 12.1 Å². The molecule has 19 nitrogen and oxygen atoms in total. The third-order valence-electron chi connectivity index (χ3n) is 6.62. The molecule has 312 valence electrons. The molecule has 54 heavy (non-hydrogen) atoms. The first-order valence-corrected chi connectivity index (χ1v) is 18.2. The Balaban J connectivity index is 1.64. The lowest BCUT2D eigenvalue weighted by Gasteiger charge is -2.09. The fourth-order valence-corrected chi connectivity index (χ4v) is 3.89. The smallest absolute Gasteiger partial charge is 0.303 e. The molecule has 0 aliphatic rings. The summed E-state index contributed by atoms with van der Waals surface area (Å²) in [5.74, 6) is -0.713. The van der Waals surface area contributed by atoms with E-state index in [2.05, 4.69) is 5.32 Å². The molecular formula is C35H60N2O17. The van der Waals surface area contributed by atoms with Crippen molar-refractivity contribution in [1.29, 1.82) is 0 Å². The van der Waals surface area contributed by atoms with E-state index < -0.39 is 10.9 Å². The minimum atomic E-state index is -0.988. The van der Waals surface area contributed by atoms with Crippen LogP contribution in [-0.4, -0.2) is 180 Å². The van der Waals surface area contributed by atoms with E-state index in [1.807, 2.05) is 0 Å². The lowest BCUT2D eigenvalue weighted by molar-refractivity contribution is -0.384. The van der Waals surface area contributed by atoms with Crippen LogP contribution < -0.4 is 10.1 Å². The SMILES string of the molecule is O=C(O)CCC(=O)NCCCOCCOCCOCCOCCOCCOCCOCCOCCOCCOCCOCCOc1ccc([N+](=O)[O-])cc1. The third-order valence-corrected chi connectivity index (χ3v) is 6.62. The zero-order chi connectivity index (χ0) is 39.0. The monoisotopic (exact) mass is 780 g/mol. The number of nitrogens with one attached hydrogen (secondary N) is 1. The van der Waals surface area contributed by atoms with Crippen molar-refractivity contribution in [3.63, 3.8) is 0 Å².